The van der Waals surface area contributed by atoms with Gasteiger partial charge in [-0.2, -0.15) is 5.10 Å². The molecule has 2 aromatic heterocycles. The van der Waals surface area contributed by atoms with Crippen LogP contribution in [0.5, 0.6) is 0 Å². The summed E-state index contributed by atoms with van der Waals surface area (Å²) in [4.78, 5) is 44.1. The van der Waals surface area contributed by atoms with Crippen molar-refractivity contribution >= 4 is 23.5 Å². The number of nitrogens with zero attached hydrogens (tertiary/aromatic N) is 4. The number of carboxylic acid groups (broad SMARTS) is 1. The lowest BCUT2D eigenvalue weighted by molar-refractivity contribution is 0.0517. The standard InChI is InChI=1S/C28H31N5O4/c1-17(2)33-24-20(16-30-33)14-28(15-23(24)34)10-12-32(13-11-28)26(35)21-8-9-22(31-25(21)29-3)18-4-6-19(7-5-18)27(36)37/h4-9,16-17H,10-15H2,1-3H3,(H,29,31)(H,36,37). The van der Waals surface area contributed by atoms with E-state index in [1.807, 2.05) is 29.6 Å². The van der Waals surface area contributed by atoms with Gasteiger partial charge < -0.3 is 15.3 Å². The van der Waals surface area contributed by atoms with E-state index >= 15 is 0 Å². The zero-order chi connectivity index (χ0) is 26.3. The molecular formula is C28H31N5O4. The normalized spacial score (nSPS) is 16.6. The summed E-state index contributed by atoms with van der Waals surface area (Å²) < 4.78 is 1.83. The maximum atomic E-state index is 13.5. The van der Waals surface area contributed by atoms with Crippen LogP contribution in [0.3, 0.4) is 0 Å². The number of benzene rings is 1. The molecule has 1 aliphatic carbocycles. The zero-order valence-electron chi connectivity index (χ0n) is 21.3. The number of ketones is 1. The Morgan fingerprint density at radius 3 is 2.38 bits per heavy atom. The molecule has 0 radical (unpaired) electrons. The topological polar surface area (TPSA) is 117 Å². The molecule has 0 atom stereocenters. The lowest BCUT2D eigenvalue weighted by Gasteiger charge is -2.43. The van der Waals surface area contributed by atoms with Gasteiger partial charge in [0.25, 0.3) is 5.91 Å². The molecule has 3 heterocycles. The number of rotatable bonds is 5. The van der Waals surface area contributed by atoms with E-state index in [-0.39, 0.29) is 28.7 Å². The van der Waals surface area contributed by atoms with Gasteiger partial charge in [-0.3, -0.25) is 14.3 Å². The van der Waals surface area contributed by atoms with Crippen molar-refractivity contribution in [2.75, 3.05) is 25.5 Å². The Morgan fingerprint density at radius 1 is 1.05 bits per heavy atom. The predicted molar refractivity (Wildman–Crippen MR) is 139 cm³/mol. The predicted octanol–water partition coefficient (Wildman–Crippen LogP) is 4.32. The summed E-state index contributed by atoms with van der Waals surface area (Å²) in [5.41, 5.74) is 3.76. The molecule has 0 saturated carbocycles. The Kier molecular flexibility index (Phi) is 6.31. The summed E-state index contributed by atoms with van der Waals surface area (Å²) in [6.45, 7) is 5.23. The quantitative estimate of drug-likeness (QED) is 0.535. The second-order valence-corrected chi connectivity index (χ2v) is 10.4. The Labute approximate surface area is 215 Å². The lowest BCUT2D eigenvalue weighted by Crippen LogP contribution is -2.46. The fourth-order valence-electron chi connectivity index (χ4n) is 5.59. The number of likely N-dealkylation sites (tertiary alicyclic amines) is 1. The molecule has 2 aliphatic rings. The third kappa shape index (κ3) is 4.50. The van der Waals surface area contributed by atoms with E-state index in [2.05, 4.69) is 15.4 Å². The first-order valence-corrected chi connectivity index (χ1v) is 12.6. The van der Waals surface area contributed by atoms with Crippen LogP contribution in [0.4, 0.5) is 5.82 Å². The van der Waals surface area contributed by atoms with Gasteiger partial charge in [0.2, 0.25) is 0 Å². The Bertz CT molecular complexity index is 1370. The molecule has 1 amide bonds. The summed E-state index contributed by atoms with van der Waals surface area (Å²) in [7, 11) is 1.73. The van der Waals surface area contributed by atoms with Crippen molar-refractivity contribution in [2.24, 2.45) is 5.41 Å². The molecule has 1 spiro atoms. The highest BCUT2D eigenvalue weighted by atomic mass is 16.4. The number of aromatic carboxylic acids is 1. The number of Topliss-reactive ketones (excluding diaryl/α,β-unsaturated/α-hetero) is 1. The first-order chi connectivity index (χ1) is 17.7. The lowest BCUT2D eigenvalue weighted by atomic mass is 9.67. The summed E-state index contributed by atoms with van der Waals surface area (Å²) in [6, 6.07) is 10.2. The van der Waals surface area contributed by atoms with Crippen LogP contribution in [0.2, 0.25) is 0 Å². The van der Waals surface area contributed by atoms with E-state index in [9.17, 15) is 14.4 Å². The first kappa shape index (κ1) is 24.7. The molecule has 192 valence electrons. The minimum atomic E-state index is -0.983. The van der Waals surface area contributed by atoms with Crippen molar-refractivity contribution < 1.29 is 19.5 Å². The van der Waals surface area contributed by atoms with Gasteiger partial charge in [0.1, 0.15) is 11.5 Å². The first-order valence-electron chi connectivity index (χ1n) is 12.6. The van der Waals surface area contributed by atoms with Gasteiger partial charge in [-0.15, -0.1) is 0 Å². The molecule has 9 heteroatoms. The molecule has 3 aromatic rings. The van der Waals surface area contributed by atoms with Crippen molar-refractivity contribution in [1.82, 2.24) is 19.7 Å². The van der Waals surface area contributed by atoms with Gasteiger partial charge in [0.05, 0.1) is 23.0 Å². The van der Waals surface area contributed by atoms with Crippen LogP contribution in [0, 0.1) is 5.41 Å². The minimum absolute atomic E-state index is 0.0880. The van der Waals surface area contributed by atoms with E-state index < -0.39 is 5.97 Å². The fourth-order valence-corrected chi connectivity index (χ4v) is 5.59. The number of hydrogen-bond donors (Lipinski definition) is 2. The summed E-state index contributed by atoms with van der Waals surface area (Å²) >= 11 is 0. The number of carboxylic acids is 1. The number of hydrogen-bond acceptors (Lipinski definition) is 6. The average molecular weight is 502 g/mol. The van der Waals surface area contributed by atoms with E-state index in [4.69, 9.17) is 5.11 Å². The molecule has 9 nitrogen and oxygen atoms in total. The zero-order valence-corrected chi connectivity index (χ0v) is 21.3. The van der Waals surface area contributed by atoms with E-state index in [1.165, 1.54) is 12.1 Å². The number of amides is 1. The van der Waals surface area contributed by atoms with Crippen LogP contribution in [-0.4, -0.2) is 62.6 Å². The number of nitrogens with one attached hydrogen (secondary N) is 1. The number of piperidine rings is 1. The Hall–Kier alpha value is -4.01. The Balaban J connectivity index is 1.30. The van der Waals surface area contributed by atoms with Gasteiger partial charge in [0.15, 0.2) is 5.78 Å². The van der Waals surface area contributed by atoms with Gasteiger partial charge in [-0.05, 0) is 62.8 Å². The van der Waals surface area contributed by atoms with Crippen LogP contribution in [-0.2, 0) is 6.42 Å². The largest absolute Gasteiger partial charge is 0.478 e. The molecule has 0 unspecified atom stereocenters. The number of anilines is 1. The third-order valence-electron chi connectivity index (χ3n) is 7.63. The molecule has 0 bridgehead atoms. The minimum Gasteiger partial charge on any atom is -0.478 e. The maximum Gasteiger partial charge on any atom is 0.335 e. The average Bonchev–Trinajstić information content (AvgIpc) is 3.33. The summed E-state index contributed by atoms with van der Waals surface area (Å²) in [5, 5.41) is 16.6. The molecular weight excluding hydrogens is 470 g/mol. The van der Waals surface area contributed by atoms with Crippen LogP contribution in [0.25, 0.3) is 11.3 Å². The second kappa shape index (κ2) is 9.46. The monoisotopic (exact) mass is 501 g/mol. The SMILES string of the molecule is CNc1nc(-c2ccc(C(=O)O)cc2)ccc1C(=O)N1CCC2(CC1)CC(=O)c1c(cnn1C(C)C)C2. The van der Waals surface area contributed by atoms with Crippen molar-refractivity contribution in [3.05, 3.63) is 65.0 Å². The highest BCUT2D eigenvalue weighted by Gasteiger charge is 2.43. The molecule has 2 N–H and O–H groups in total. The van der Waals surface area contributed by atoms with Gasteiger partial charge >= 0.3 is 5.97 Å². The molecule has 5 rings (SSSR count). The van der Waals surface area contributed by atoms with Crippen LogP contribution >= 0.6 is 0 Å². The molecule has 1 saturated heterocycles. The molecule has 1 aliphatic heterocycles. The van der Waals surface area contributed by atoms with Gasteiger partial charge in [-0.25, -0.2) is 9.78 Å². The number of aromatic nitrogens is 3. The number of carbonyl (C=O) groups excluding carboxylic acids is 2. The molecule has 1 fully saturated rings. The van der Waals surface area contributed by atoms with Crippen molar-refractivity contribution in [3.8, 4) is 11.3 Å². The maximum absolute atomic E-state index is 13.5. The fraction of sp³-hybridized carbons (Fsp3) is 0.393. The van der Waals surface area contributed by atoms with Crippen molar-refractivity contribution in [3.63, 3.8) is 0 Å². The van der Waals surface area contributed by atoms with Crippen LogP contribution in [0.1, 0.15) is 75.9 Å². The highest BCUT2D eigenvalue weighted by Crippen LogP contribution is 2.44. The highest BCUT2D eigenvalue weighted by molar-refractivity contribution is 6.00. The van der Waals surface area contributed by atoms with Crippen molar-refractivity contribution in [2.45, 2.75) is 45.6 Å². The number of carbonyl (C=O) groups is 3. The summed E-state index contributed by atoms with van der Waals surface area (Å²) in [5.74, 6) is -0.442. The van der Waals surface area contributed by atoms with Gasteiger partial charge in [0, 0.05) is 43.7 Å². The van der Waals surface area contributed by atoms with E-state index in [0.717, 1.165) is 36.1 Å². The molecule has 37 heavy (non-hydrogen) atoms. The number of fused-ring (bicyclic) bond motifs is 1. The molecule has 1 aromatic carbocycles. The van der Waals surface area contributed by atoms with Gasteiger partial charge in [-0.1, -0.05) is 12.1 Å². The van der Waals surface area contributed by atoms with Crippen molar-refractivity contribution in [1.29, 1.82) is 0 Å². The number of pyridine rings is 1. The second-order valence-electron chi connectivity index (χ2n) is 10.4. The van der Waals surface area contributed by atoms with E-state index in [0.29, 0.717) is 36.6 Å². The smallest absolute Gasteiger partial charge is 0.335 e. The third-order valence-corrected chi connectivity index (χ3v) is 7.63. The summed E-state index contributed by atoms with van der Waals surface area (Å²) in [6.07, 6.45) is 4.70. The Morgan fingerprint density at radius 2 is 1.76 bits per heavy atom. The van der Waals surface area contributed by atoms with Crippen LogP contribution in [0.15, 0.2) is 42.6 Å². The van der Waals surface area contributed by atoms with E-state index in [1.54, 1.807) is 31.3 Å². The van der Waals surface area contributed by atoms with Crippen LogP contribution < -0.4 is 5.32 Å².